The molecular formula is C19H26FN3O3. The van der Waals surface area contributed by atoms with Gasteiger partial charge < -0.3 is 14.8 Å². The first-order valence-corrected chi connectivity index (χ1v) is 9.47. The van der Waals surface area contributed by atoms with Crippen molar-refractivity contribution in [1.82, 2.24) is 16.2 Å². The van der Waals surface area contributed by atoms with Crippen LogP contribution in [0.15, 0.2) is 18.2 Å². The van der Waals surface area contributed by atoms with Crippen LogP contribution in [-0.2, 0) is 9.47 Å². The SMILES string of the molecule is C[C@H]1OC(=O)NCCCOC2CCC3NNC(c4cc(F)cc1c4)C3C2. The Morgan fingerprint density at radius 1 is 1.15 bits per heavy atom. The molecule has 3 N–H and O–H groups in total. The molecule has 6 nitrogen and oxygen atoms in total. The quantitative estimate of drug-likeness (QED) is 0.661. The summed E-state index contributed by atoms with van der Waals surface area (Å²) in [6.07, 6.45) is 2.95. The maximum atomic E-state index is 14.3. The number of nitrogens with one attached hydrogen (secondary N) is 3. The molecular weight excluding hydrogens is 337 g/mol. The second kappa shape index (κ2) is 7.50. The number of rotatable bonds is 0. The topological polar surface area (TPSA) is 71.6 Å². The van der Waals surface area contributed by atoms with Gasteiger partial charge in [-0.3, -0.25) is 5.43 Å². The Morgan fingerprint density at radius 3 is 2.88 bits per heavy atom. The van der Waals surface area contributed by atoms with E-state index in [9.17, 15) is 9.18 Å². The van der Waals surface area contributed by atoms with Crippen LogP contribution in [-0.4, -0.2) is 31.4 Å². The molecule has 1 aliphatic carbocycles. The van der Waals surface area contributed by atoms with Gasteiger partial charge in [0.2, 0.25) is 0 Å². The molecule has 2 heterocycles. The summed E-state index contributed by atoms with van der Waals surface area (Å²) in [5.41, 5.74) is 8.26. The van der Waals surface area contributed by atoms with E-state index in [1.165, 1.54) is 6.07 Å². The van der Waals surface area contributed by atoms with Crippen molar-refractivity contribution in [2.24, 2.45) is 5.92 Å². The Bertz CT molecular complexity index is 671. The van der Waals surface area contributed by atoms with Gasteiger partial charge in [-0.25, -0.2) is 14.6 Å². The molecule has 0 aromatic heterocycles. The van der Waals surface area contributed by atoms with Gasteiger partial charge in [0.15, 0.2) is 0 Å². The van der Waals surface area contributed by atoms with E-state index >= 15 is 0 Å². The van der Waals surface area contributed by atoms with E-state index in [1.807, 2.05) is 6.07 Å². The van der Waals surface area contributed by atoms with Gasteiger partial charge in [0.25, 0.3) is 0 Å². The summed E-state index contributed by atoms with van der Waals surface area (Å²) in [6, 6.07) is 5.34. The van der Waals surface area contributed by atoms with Crippen LogP contribution in [0.1, 0.15) is 55.9 Å². The first-order chi connectivity index (χ1) is 12.6. The summed E-state index contributed by atoms with van der Waals surface area (Å²) in [7, 11) is 0. The summed E-state index contributed by atoms with van der Waals surface area (Å²) in [6.45, 7) is 2.88. The van der Waals surface area contributed by atoms with Crippen LogP contribution in [0.5, 0.6) is 0 Å². The predicted octanol–water partition coefficient (Wildman–Crippen LogP) is 2.72. The highest BCUT2D eigenvalue weighted by molar-refractivity contribution is 5.67. The van der Waals surface area contributed by atoms with Crippen LogP contribution in [0.4, 0.5) is 9.18 Å². The Labute approximate surface area is 152 Å². The van der Waals surface area contributed by atoms with Gasteiger partial charge in [0, 0.05) is 19.2 Å². The maximum absolute atomic E-state index is 14.3. The summed E-state index contributed by atoms with van der Waals surface area (Å²) in [5.74, 6) is 0.0380. The first kappa shape index (κ1) is 17.7. The molecule has 2 fully saturated rings. The molecule has 7 heteroatoms. The van der Waals surface area contributed by atoms with E-state index in [1.54, 1.807) is 13.0 Å². The Morgan fingerprint density at radius 2 is 2.00 bits per heavy atom. The molecule has 142 valence electrons. The summed E-state index contributed by atoms with van der Waals surface area (Å²) < 4.78 is 25.7. The van der Waals surface area contributed by atoms with Gasteiger partial charge >= 0.3 is 6.09 Å². The fourth-order valence-corrected chi connectivity index (χ4v) is 4.33. The van der Waals surface area contributed by atoms with Crippen molar-refractivity contribution in [3.8, 4) is 0 Å². The van der Waals surface area contributed by atoms with Crippen LogP contribution >= 0.6 is 0 Å². The molecule has 0 spiro atoms. The third-order valence-corrected chi connectivity index (χ3v) is 5.70. The minimum atomic E-state index is -0.518. The number of carbonyl (C=O) groups is 1. The lowest BCUT2D eigenvalue weighted by Gasteiger charge is -2.33. The van der Waals surface area contributed by atoms with Crippen molar-refractivity contribution in [3.63, 3.8) is 0 Å². The van der Waals surface area contributed by atoms with E-state index in [2.05, 4.69) is 16.2 Å². The molecule has 0 radical (unpaired) electrons. The lowest BCUT2D eigenvalue weighted by Crippen LogP contribution is -2.37. The second-order valence-corrected chi connectivity index (χ2v) is 7.49. The molecule has 4 rings (SSSR count). The molecule has 1 saturated carbocycles. The largest absolute Gasteiger partial charge is 0.442 e. The molecule has 1 aromatic rings. The molecule has 4 bridgehead atoms. The number of hydrazine groups is 1. The first-order valence-electron chi connectivity index (χ1n) is 9.47. The highest BCUT2D eigenvalue weighted by Crippen LogP contribution is 2.39. The molecule has 1 aromatic carbocycles. The zero-order valence-corrected chi connectivity index (χ0v) is 15.0. The average molecular weight is 363 g/mol. The number of cyclic esters (lactones) is 1. The normalized spacial score (nSPS) is 35.0. The Balaban J connectivity index is 1.65. The number of carbonyl (C=O) groups excluding carboxylic acids is 1. The van der Waals surface area contributed by atoms with E-state index < -0.39 is 12.2 Å². The minimum absolute atomic E-state index is 0.0204. The number of benzene rings is 1. The third-order valence-electron chi connectivity index (χ3n) is 5.70. The fraction of sp³-hybridized carbons (Fsp3) is 0.632. The number of fused-ring (bicyclic) bond motifs is 4. The molecule has 3 aliphatic rings. The summed E-state index contributed by atoms with van der Waals surface area (Å²) >= 11 is 0. The van der Waals surface area contributed by atoms with Gasteiger partial charge in [0.05, 0.1) is 12.1 Å². The number of halogens is 1. The van der Waals surface area contributed by atoms with Gasteiger partial charge in [-0.15, -0.1) is 0 Å². The van der Waals surface area contributed by atoms with Crippen LogP contribution < -0.4 is 16.2 Å². The molecule has 26 heavy (non-hydrogen) atoms. The molecule has 1 saturated heterocycles. The van der Waals surface area contributed by atoms with Crippen LogP contribution in [0, 0.1) is 11.7 Å². The second-order valence-electron chi connectivity index (χ2n) is 7.49. The highest BCUT2D eigenvalue weighted by atomic mass is 19.1. The summed E-state index contributed by atoms with van der Waals surface area (Å²) in [4.78, 5) is 11.9. The van der Waals surface area contributed by atoms with Crippen LogP contribution in [0.2, 0.25) is 0 Å². The van der Waals surface area contributed by atoms with Crippen molar-refractivity contribution in [2.45, 2.75) is 56.9 Å². The van der Waals surface area contributed by atoms with Crippen molar-refractivity contribution in [2.75, 3.05) is 13.2 Å². The number of hydrogen-bond donors (Lipinski definition) is 3. The monoisotopic (exact) mass is 363 g/mol. The predicted molar refractivity (Wildman–Crippen MR) is 93.8 cm³/mol. The van der Waals surface area contributed by atoms with E-state index in [0.717, 1.165) is 31.2 Å². The van der Waals surface area contributed by atoms with Gasteiger partial charge in [0.1, 0.15) is 11.9 Å². The van der Waals surface area contributed by atoms with Gasteiger partial charge in [-0.1, -0.05) is 6.07 Å². The number of alkyl carbamates (subject to hydrolysis) is 1. The fourth-order valence-electron chi connectivity index (χ4n) is 4.33. The average Bonchev–Trinajstić information content (AvgIpc) is 3.03. The van der Waals surface area contributed by atoms with Crippen molar-refractivity contribution in [3.05, 3.63) is 35.1 Å². The summed E-state index contributed by atoms with van der Waals surface area (Å²) in [5, 5.41) is 2.73. The zero-order valence-electron chi connectivity index (χ0n) is 15.0. The van der Waals surface area contributed by atoms with Crippen molar-refractivity contribution < 1.29 is 18.7 Å². The van der Waals surface area contributed by atoms with Crippen LogP contribution in [0.25, 0.3) is 0 Å². The molecule has 5 atom stereocenters. The molecule has 1 amide bonds. The highest BCUT2D eigenvalue weighted by Gasteiger charge is 2.41. The third kappa shape index (κ3) is 3.70. The minimum Gasteiger partial charge on any atom is -0.442 e. The lowest BCUT2D eigenvalue weighted by atomic mass is 9.78. The standard InChI is InChI=1S/C19H26FN3O3/c1-11-12-7-13(9-14(20)8-12)18-16-10-15(3-4-17(16)22-23-18)25-6-2-5-21-19(24)26-11/h7-9,11,15-18,22-23H,2-6,10H2,1H3,(H,21,24)/t11-,15?,16?,17?,18?/m1/s1. The number of amides is 1. The lowest BCUT2D eigenvalue weighted by molar-refractivity contribution is 0.00709. The van der Waals surface area contributed by atoms with E-state index in [4.69, 9.17) is 9.47 Å². The number of ether oxygens (including phenoxy) is 2. The smallest absolute Gasteiger partial charge is 0.407 e. The molecule has 2 aliphatic heterocycles. The Hall–Kier alpha value is -1.70. The van der Waals surface area contributed by atoms with Crippen molar-refractivity contribution >= 4 is 6.09 Å². The van der Waals surface area contributed by atoms with Crippen molar-refractivity contribution in [1.29, 1.82) is 0 Å². The maximum Gasteiger partial charge on any atom is 0.407 e. The van der Waals surface area contributed by atoms with E-state index in [-0.39, 0.29) is 18.0 Å². The Kier molecular flexibility index (Phi) is 5.11. The number of hydrogen-bond acceptors (Lipinski definition) is 5. The van der Waals surface area contributed by atoms with Gasteiger partial charge in [-0.2, -0.15) is 0 Å². The zero-order chi connectivity index (χ0) is 18.1. The van der Waals surface area contributed by atoms with Gasteiger partial charge in [-0.05, 0) is 61.8 Å². The molecule has 4 unspecified atom stereocenters. The van der Waals surface area contributed by atoms with Crippen LogP contribution in [0.3, 0.4) is 0 Å². The van der Waals surface area contributed by atoms with E-state index in [0.29, 0.717) is 30.7 Å².